The topological polar surface area (TPSA) is 103 Å². The molecule has 0 aliphatic carbocycles. The number of carbonyl (C=O) groups is 2. The molecular weight excluding hydrogens is 356 g/mol. The van der Waals surface area contributed by atoms with Crippen LogP contribution in [0.2, 0.25) is 0 Å². The average Bonchev–Trinajstić information content (AvgIpc) is 3.22. The lowest BCUT2D eigenvalue weighted by molar-refractivity contribution is -0.116. The van der Waals surface area contributed by atoms with Crippen LogP contribution in [0.4, 0.5) is 16.2 Å². The van der Waals surface area contributed by atoms with E-state index in [-0.39, 0.29) is 11.9 Å². The Labute approximate surface area is 164 Å². The van der Waals surface area contributed by atoms with Gasteiger partial charge in [0.1, 0.15) is 0 Å². The van der Waals surface area contributed by atoms with Crippen molar-refractivity contribution in [3.8, 4) is 6.07 Å². The summed E-state index contributed by atoms with van der Waals surface area (Å²) in [6.07, 6.45) is 1.36. The number of hydrogen-bond acceptors (Lipinski definition) is 4. The number of nitrogens with zero attached hydrogens (tertiary/aromatic N) is 4. The number of hydrogen-bond donors (Lipinski definition) is 2. The van der Waals surface area contributed by atoms with E-state index in [9.17, 15) is 9.59 Å². The minimum absolute atomic E-state index is 0.0739. The Balaban J connectivity index is 1.55. The molecule has 0 atom stereocenters. The van der Waals surface area contributed by atoms with Crippen molar-refractivity contribution in [2.45, 2.75) is 39.7 Å². The lowest BCUT2D eigenvalue weighted by Crippen LogP contribution is -2.27. The van der Waals surface area contributed by atoms with Crippen molar-refractivity contribution < 1.29 is 9.59 Å². The highest BCUT2D eigenvalue weighted by Gasteiger charge is 2.20. The highest BCUT2D eigenvalue weighted by Crippen LogP contribution is 2.20. The largest absolute Gasteiger partial charge is 0.336 e. The zero-order valence-corrected chi connectivity index (χ0v) is 16.2. The first-order chi connectivity index (χ1) is 13.5. The Morgan fingerprint density at radius 3 is 2.71 bits per heavy atom. The second kappa shape index (κ2) is 8.57. The van der Waals surface area contributed by atoms with Crippen LogP contribution < -0.4 is 15.5 Å². The predicted molar refractivity (Wildman–Crippen MR) is 106 cm³/mol. The molecule has 2 N–H and O–H groups in total. The van der Waals surface area contributed by atoms with E-state index in [1.54, 1.807) is 17.0 Å². The van der Waals surface area contributed by atoms with E-state index >= 15 is 0 Å². The minimum atomic E-state index is -0.0992. The van der Waals surface area contributed by atoms with Crippen LogP contribution >= 0.6 is 0 Å². The fraction of sp³-hybridized carbons (Fsp3) is 0.400. The van der Waals surface area contributed by atoms with Gasteiger partial charge in [-0.15, -0.1) is 0 Å². The number of nitriles is 1. The van der Waals surface area contributed by atoms with E-state index in [0.717, 1.165) is 22.6 Å². The van der Waals surface area contributed by atoms with Gasteiger partial charge >= 0.3 is 6.03 Å². The SMILES string of the molecule is Cc1nn(CCC#N)c(C)c1CCC(=O)Nc1ccc(N2CCNC2=O)cc1. The third kappa shape index (κ3) is 4.31. The number of rotatable bonds is 7. The summed E-state index contributed by atoms with van der Waals surface area (Å²) in [5, 5.41) is 18.9. The summed E-state index contributed by atoms with van der Waals surface area (Å²) in [7, 11) is 0. The van der Waals surface area contributed by atoms with Gasteiger partial charge in [-0.1, -0.05) is 0 Å². The van der Waals surface area contributed by atoms with Crippen LogP contribution in [-0.4, -0.2) is 34.8 Å². The molecule has 1 aromatic heterocycles. The van der Waals surface area contributed by atoms with Crippen LogP contribution in [0.1, 0.15) is 29.8 Å². The summed E-state index contributed by atoms with van der Waals surface area (Å²) >= 11 is 0. The highest BCUT2D eigenvalue weighted by atomic mass is 16.2. The fourth-order valence-corrected chi connectivity index (χ4v) is 3.37. The molecule has 2 heterocycles. The quantitative estimate of drug-likeness (QED) is 0.770. The Kier molecular flexibility index (Phi) is 5.94. The molecule has 0 spiro atoms. The summed E-state index contributed by atoms with van der Waals surface area (Å²) in [5.41, 5.74) is 4.48. The normalized spacial score (nSPS) is 13.3. The Bertz CT molecular complexity index is 910. The third-order valence-corrected chi connectivity index (χ3v) is 4.89. The van der Waals surface area contributed by atoms with Gasteiger partial charge in [0.15, 0.2) is 0 Å². The average molecular weight is 380 g/mol. The van der Waals surface area contributed by atoms with Gasteiger partial charge in [0.25, 0.3) is 0 Å². The molecule has 0 saturated carbocycles. The van der Waals surface area contributed by atoms with Crippen molar-refractivity contribution in [3.63, 3.8) is 0 Å². The number of carbonyl (C=O) groups excluding carboxylic acids is 2. The Morgan fingerprint density at radius 1 is 1.32 bits per heavy atom. The molecule has 1 aliphatic rings. The first kappa shape index (κ1) is 19.4. The maximum absolute atomic E-state index is 12.3. The minimum Gasteiger partial charge on any atom is -0.336 e. The maximum Gasteiger partial charge on any atom is 0.321 e. The van der Waals surface area contributed by atoms with Crippen LogP contribution in [0.5, 0.6) is 0 Å². The number of nitrogens with one attached hydrogen (secondary N) is 2. The molecule has 0 radical (unpaired) electrons. The fourth-order valence-electron chi connectivity index (χ4n) is 3.37. The van der Waals surface area contributed by atoms with E-state index in [1.807, 2.05) is 30.7 Å². The summed E-state index contributed by atoms with van der Waals surface area (Å²) in [5.74, 6) is -0.0739. The number of benzene rings is 1. The lowest BCUT2D eigenvalue weighted by Gasteiger charge is -2.14. The standard InChI is InChI=1S/C20H24N6O2/c1-14-18(15(2)26(24-14)12-3-10-21)8-9-19(27)23-16-4-6-17(7-5-16)25-13-11-22-20(25)28/h4-7H,3,8-9,11-13H2,1-2H3,(H,22,28)(H,23,27). The van der Waals surface area contributed by atoms with E-state index in [2.05, 4.69) is 21.8 Å². The van der Waals surface area contributed by atoms with Gasteiger partial charge < -0.3 is 10.6 Å². The van der Waals surface area contributed by atoms with Crippen molar-refractivity contribution in [2.75, 3.05) is 23.3 Å². The summed E-state index contributed by atoms with van der Waals surface area (Å²) < 4.78 is 1.83. The molecule has 1 aliphatic heterocycles. The molecule has 2 aromatic rings. The Morgan fingerprint density at radius 2 is 2.07 bits per heavy atom. The van der Waals surface area contributed by atoms with Crippen LogP contribution in [-0.2, 0) is 17.8 Å². The van der Waals surface area contributed by atoms with Crippen molar-refractivity contribution >= 4 is 23.3 Å². The molecule has 1 aromatic carbocycles. The monoisotopic (exact) mass is 380 g/mol. The molecule has 1 fully saturated rings. The highest BCUT2D eigenvalue weighted by molar-refractivity contribution is 5.95. The van der Waals surface area contributed by atoms with Gasteiger partial charge in [0, 0.05) is 36.6 Å². The number of anilines is 2. The van der Waals surface area contributed by atoms with Gasteiger partial charge in [-0.3, -0.25) is 14.4 Å². The number of amides is 3. The zero-order valence-electron chi connectivity index (χ0n) is 16.2. The maximum atomic E-state index is 12.3. The van der Waals surface area contributed by atoms with Crippen molar-refractivity contribution in [1.82, 2.24) is 15.1 Å². The summed E-state index contributed by atoms with van der Waals surface area (Å²) in [4.78, 5) is 25.7. The van der Waals surface area contributed by atoms with Gasteiger partial charge in [0.2, 0.25) is 5.91 Å². The lowest BCUT2D eigenvalue weighted by atomic mass is 10.1. The molecule has 8 heteroatoms. The van der Waals surface area contributed by atoms with E-state index in [0.29, 0.717) is 44.6 Å². The number of aryl methyl sites for hydroxylation is 2. The van der Waals surface area contributed by atoms with E-state index < -0.39 is 0 Å². The molecule has 0 unspecified atom stereocenters. The first-order valence-corrected chi connectivity index (χ1v) is 9.34. The van der Waals surface area contributed by atoms with Gasteiger partial charge in [-0.05, 0) is 50.1 Å². The van der Waals surface area contributed by atoms with Crippen LogP contribution in [0.15, 0.2) is 24.3 Å². The third-order valence-electron chi connectivity index (χ3n) is 4.89. The van der Waals surface area contributed by atoms with Gasteiger partial charge in [0.05, 0.1) is 24.7 Å². The van der Waals surface area contributed by atoms with Crippen LogP contribution in [0.3, 0.4) is 0 Å². The molecule has 3 rings (SSSR count). The van der Waals surface area contributed by atoms with Crippen molar-refractivity contribution in [2.24, 2.45) is 0 Å². The van der Waals surface area contributed by atoms with Gasteiger partial charge in [-0.2, -0.15) is 10.4 Å². The molecule has 8 nitrogen and oxygen atoms in total. The second-order valence-corrected chi connectivity index (χ2v) is 6.76. The summed E-state index contributed by atoms with van der Waals surface area (Å²) in [6, 6.07) is 9.28. The second-order valence-electron chi connectivity index (χ2n) is 6.76. The smallest absolute Gasteiger partial charge is 0.321 e. The Hall–Kier alpha value is -3.34. The van der Waals surface area contributed by atoms with Crippen LogP contribution in [0, 0.1) is 25.2 Å². The van der Waals surface area contributed by atoms with Crippen LogP contribution in [0.25, 0.3) is 0 Å². The predicted octanol–water partition coefficient (Wildman–Crippen LogP) is 2.51. The molecule has 0 bridgehead atoms. The van der Waals surface area contributed by atoms with Crippen molar-refractivity contribution in [1.29, 1.82) is 5.26 Å². The molecule has 28 heavy (non-hydrogen) atoms. The number of aromatic nitrogens is 2. The molecule has 1 saturated heterocycles. The first-order valence-electron chi connectivity index (χ1n) is 9.34. The van der Waals surface area contributed by atoms with Gasteiger partial charge in [-0.25, -0.2) is 4.79 Å². The van der Waals surface area contributed by atoms with E-state index in [4.69, 9.17) is 5.26 Å². The zero-order chi connectivity index (χ0) is 20.1. The summed E-state index contributed by atoms with van der Waals surface area (Å²) in [6.45, 7) is 5.75. The van der Waals surface area contributed by atoms with E-state index in [1.165, 1.54) is 0 Å². The van der Waals surface area contributed by atoms with Crippen molar-refractivity contribution in [3.05, 3.63) is 41.2 Å². The molecule has 146 valence electrons. The molecular formula is C20H24N6O2. The number of urea groups is 1. The molecule has 3 amide bonds.